The van der Waals surface area contributed by atoms with Crippen LogP contribution in [0, 0.1) is 0 Å². The summed E-state index contributed by atoms with van der Waals surface area (Å²) in [6.07, 6.45) is 0. The molecule has 2 N–H and O–H groups in total. The van der Waals surface area contributed by atoms with Crippen molar-refractivity contribution >= 4 is 33.2 Å². The first-order valence-electron chi connectivity index (χ1n) is 6.16. The molecule has 1 aromatic heterocycles. The molecule has 100 valence electrons. The van der Waals surface area contributed by atoms with Crippen LogP contribution in [0.1, 0.15) is 12.5 Å². The molecule has 1 aliphatic rings. The van der Waals surface area contributed by atoms with Crippen molar-refractivity contribution in [2.75, 3.05) is 26.2 Å². The maximum absolute atomic E-state index is 12.0. The van der Waals surface area contributed by atoms with Crippen LogP contribution in [0.15, 0.2) is 15.2 Å². The first kappa shape index (κ1) is 14.0. The molecule has 1 atom stereocenters. The lowest BCUT2D eigenvalue weighted by Gasteiger charge is -2.34. The zero-order chi connectivity index (χ0) is 13.0. The number of hydrogen-bond donors (Lipinski definition) is 2. The zero-order valence-electron chi connectivity index (χ0n) is 10.4. The summed E-state index contributed by atoms with van der Waals surface area (Å²) in [6.45, 7) is 6.07. The highest BCUT2D eigenvalue weighted by atomic mass is 79.9. The normalized spacial score (nSPS) is 20.9. The van der Waals surface area contributed by atoms with E-state index >= 15 is 0 Å². The average Bonchev–Trinajstić information content (AvgIpc) is 2.76. The molecule has 6 heteroatoms. The third kappa shape index (κ3) is 3.54. The number of piperazine rings is 1. The van der Waals surface area contributed by atoms with E-state index in [9.17, 15) is 4.79 Å². The molecule has 1 amide bonds. The van der Waals surface area contributed by atoms with E-state index in [0.29, 0.717) is 6.54 Å². The van der Waals surface area contributed by atoms with Gasteiger partial charge in [0.1, 0.15) is 6.04 Å². The van der Waals surface area contributed by atoms with Crippen molar-refractivity contribution in [3.63, 3.8) is 0 Å². The van der Waals surface area contributed by atoms with Gasteiger partial charge in [-0.15, -0.1) is 11.3 Å². The lowest BCUT2D eigenvalue weighted by Crippen LogP contribution is -2.57. The summed E-state index contributed by atoms with van der Waals surface area (Å²) in [5.41, 5.74) is 1.27. The predicted molar refractivity (Wildman–Crippen MR) is 77.8 cm³/mol. The van der Waals surface area contributed by atoms with Crippen LogP contribution in [0.4, 0.5) is 0 Å². The van der Waals surface area contributed by atoms with Gasteiger partial charge in [0.05, 0.1) is 3.79 Å². The first-order valence-corrected chi connectivity index (χ1v) is 7.83. The van der Waals surface area contributed by atoms with E-state index in [1.165, 1.54) is 5.56 Å². The Labute approximate surface area is 120 Å². The van der Waals surface area contributed by atoms with Crippen molar-refractivity contribution < 1.29 is 4.79 Å². The standard InChI is InChI=1S/C12H18BrN3OS/c1-2-15-12(17)10-6-14-3-4-16(10)7-9-5-11(13)18-8-9/h5,8,10,14H,2-4,6-7H2,1H3,(H,15,17). The Morgan fingerprint density at radius 3 is 3.22 bits per heavy atom. The molecule has 4 nitrogen and oxygen atoms in total. The molecular formula is C12H18BrN3OS. The Morgan fingerprint density at radius 2 is 2.56 bits per heavy atom. The van der Waals surface area contributed by atoms with Crippen LogP contribution in [-0.4, -0.2) is 43.0 Å². The molecule has 2 heterocycles. The first-order chi connectivity index (χ1) is 8.70. The van der Waals surface area contributed by atoms with Gasteiger partial charge in [-0.3, -0.25) is 9.69 Å². The van der Waals surface area contributed by atoms with E-state index in [-0.39, 0.29) is 11.9 Å². The fraction of sp³-hybridized carbons (Fsp3) is 0.583. The van der Waals surface area contributed by atoms with E-state index in [1.807, 2.05) is 6.92 Å². The molecular weight excluding hydrogens is 314 g/mol. The molecule has 0 saturated carbocycles. The molecule has 0 radical (unpaired) electrons. The van der Waals surface area contributed by atoms with E-state index in [2.05, 4.69) is 42.9 Å². The van der Waals surface area contributed by atoms with E-state index in [1.54, 1.807) is 11.3 Å². The molecule has 0 spiro atoms. The molecule has 1 fully saturated rings. The summed E-state index contributed by atoms with van der Waals surface area (Å²) in [5.74, 6) is 0.124. The molecule has 1 aromatic rings. The van der Waals surface area contributed by atoms with Gasteiger partial charge in [-0.25, -0.2) is 0 Å². The predicted octanol–water partition coefficient (Wildman–Crippen LogP) is 1.42. The smallest absolute Gasteiger partial charge is 0.238 e. The Kier molecular flexibility index (Phi) is 5.17. The number of hydrogen-bond acceptors (Lipinski definition) is 4. The van der Waals surface area contributed by atoms with Crippen molar-refractivity contribution in [2.45, 2.75) is 19.5 Å². The van der Waals surface area contributed by atoms with Gasteiger partial charge in [-0.1, -0.05) is 0 Å². The van der Waals surface area contributed by atoms with Crippen LogP contribution in [0.2, 0.25) is 0 Å². The van der Waals surface area contributed by atoms with Crippen molar-refractivity contribution in [3.05, 3.63) is 20.8 Å². The minimum atomic E-state index is -0.0580. The third-order valence-electron chi connectivity index (χ3n) is 3.02. The van der Waals surface area contributed by atoms with Crippen LogP contribution < -0.4 is 10.6 Å². The fourth-order valence-corrected chi connectivity index (χ4v) is 3.35. The van der Waals surface area contributed by atoms with Gasteiger partial charge in [0.2, 0.25) is 5.91 Å². The number of likely N-dealkylation sites (N-methyl/N-ethyl adjacent to an activating group) is 1. The monoisotopic (exact) mass is 331 g/mol. The van der Waals surface area contributed by atoms with Gasteiger partial charge in [-0.05, 0) is 39.9 Å². The van der Waals surface area contributed by atoms with Crippen molar-refractivity contribution in [3.8, 4) is 0 Å². The van der Waals surface area contributed by atoms with Gasteiger partial charge in [0.25, 0.3) is 0 Å². The second-order valence-electron chi connectivity index (χ2n) is 4.34. The fourth-order valence-electron chi connectivity index (χ4n) is 2.15. The molecule has 1 saturated heterocycles. The third-order valence-corrected chi connectivity index (χ3v) is 4.57. The average molecular weight is 332 g/mol. The Bertz CT molecular complexity index is 410. The second kappa shape index (κ2) is 6.65. The maximum Gasteiger partial charge on any atom is 0.238 e. The van der Waals surface area contributed by atoms with E-state index < -0.39 is 0 Å². The summed E-state index contributed by atoms with van der Waals surface area (Å²) in [7, 11) is 0. The van der Waals surface area contributed by atoms with E-state index in [4.69, 9.17) is 0 Å². The highest BCUT2D eigenvalue weighted by Gasteiger charge is 2.28. The number of nitrogens with zero attached hydrogens (tertiary/aromatic N) is 1. The Balaban J connectivity index is 2.01. The molecule has 0 aromatic carbocycles. The van der Waals surface area contributed by atoms with Gasteiger partial charge in [0, 0.05) is 32.7 Å². The van der Waals surface area contributed by atoms with Crippen LogP contribution >= 0.6 is 27.3 Å². The highest BCUT2D eigenvalue weighted by molar-refractivity contribution is 9.11. The summed E-state index contributed by atoms with van der Waals surface area (Å²) < 4.78 is 1.14. The summed E-state index contributed by atoms with van der Waals surface area (Å²) >= 11 is 5.16. The Morgan fingerprint density at radius 1 is 1.72 bits per heavy atom. The van der Waals surface area contributed by atoms with Crippen LogP contribution in [0.5, 0.6) is 0 Å². The largest absolute Gasteiger partial charge is 0.355 e. The Hall–Kier alpha value is -0.430. The number of carbonyl (C=O) groups is 1. The molecule has 0 aliphatic carbocycles. The van der Waals surface area contributed by atoms with Crippen molar-refractivity contribution in [2.24, 2.45) is 0 Å². The number of amides is 1. The molecule has 0 bridgehead atoms. The van der Waals surface area contributed by atoms with Gasteiger partial charge in [0.15, 0.2) is 0 Å². The minimum absolute atomic E-state index is 0.0580. The zero-order valence-corrected chi connectivity index (χ0v) is 12.8. The number of rotatable bonds is 4. The number of halogens is 1. The summed E-state index contributed by atoms with van der Waals surface area (Å²) in [6, 6.07) is 2.07. The molecule has 1 unspecified atom stereocenters. The maximum atomic E-state index is 12.0. The SMILES string of the molecule is CCNC(=O)C1CNCCN1Cc1csc(Br)c1. The highest BCUT2D eigenvalue weighted by Crippen LogP contribution is 2.22. The minimum Gasteiger partial charge on any atom is -0.355 e. The van der Waals surface area contributed by atoms with Gasteiger partial charge < -0.3 is 10.6 Å². The number of carbonyl (C=O) groups excluding carboxylic acids is 1. The van der Waals surface area contributed by atoms with Crippen molar-refractivity contribution in [1.82, 2.24) is 15.5 Å². The summed E-state index contributed by atoms with van der Waals surface area (Å²) in [5, 5.41) is 8.33. The molecule has 1 aliphatic heterocycles. The van der Waals surface area contributed by atoms with Crippen LogP contribution in [-0.2, 0) is 11.3 Å². The molecule has 18 heavy (non-hydrogen) atoms. The van der Waals surface area contributed by atoms with Gasteiger partial charge in [-0.2, -0.15) is 0 Å². The van der Waals surface area contributed by atoms with Crippen LogP contribution in [0.25, 0.3) is 0 Å². The number of nitrogens with one attached hydrogen (secondary N) is 2. The summed E-state index contributed by atoms with van der Waals surface area (Å²) in [4.78, 5) is 14.3. The number of thiophene rings is 1. The van der Waals surface area contributed by atoms with Crippen LogP contribution in [0.3, 0.4) is 0 Å². The lowest BCUT2D eigenvalue weighted by atomic mass is 10.1. The van der Waals surface area contributed by atoms with E-state index in [0.717, 1.165) is 30.0 Å². The lowest BCUT2D eigenvalue weighted by molar-refractivity contribution is -0.127. The topological polar surface area (TPSA) is 44.4 Å². The molecule has 2 rings (SSSR count). The quantitative estimate of drug-likeness (QED) is 0.877. The van der Waals surface area contributed by atoms with Crippen molar-refractivity contribution in [1.29, 1.82) is 0 Å². The second-order valence-corrected chi connectivity index (χ2v) is 6.63. The van der Waals surface area contributed by atoms with Gasteiger partial charge >= 0.3 is 0 Å².